The minimum atomic E-state index is 0.0807. The van der Waals surface area contributed by atoms with Crippen molar-refractivity contribution in [2.45, 2.75) is 59.4 Å². The van der Waals surface area contributed by atoms with Crippen LogP contribution in [0.15, 0.2) is 24.3 Å². The number of nitrogens with zero attached hydrogens (tertiary/aromatic N) is 4. The van der Waals surface area contributed by atoms with Crippen LogP contribution >= 0.6 is 11.5 Å². The van der Waals surface area contributed by atoms with Crippen LogP contribution in [0.5, 0.6) is 0 Å². The van der Waals surface area contributed by atoms with E-state index in [1.807, 2.05) is 0 Å². The SMILES string of the molecule is CCN(CC)CCCC(C)NC(=O)CCN(CCOC)c1nc(Cc2ccc(C)cc2)ns1. The van der Waals surface area contributed by atoms with Gasteiger partial charge < -0.3 is 19.9 Å². The summed E-state index contributed by atoms with van der Waals surface area (Å²) < 4.78 is 9.81. The lowest BCUT2D eigenvalue weighted by molar-refractivity contribution is -0.121. The van der Waals surface area contributed by atoms with E-state index in [1.165, 1.54) is 22.7 Å². The summed E-state index contributed by atoms with van der Waals surface area (Å²) in [6.45, 7) is 13.6. The van der Waals surface area contributed by atoms with E-state index in [9.17, 15) is 4.79 Å². The highest BCUT2D eigenvalue weighted by Gasteiger charge is 2.16. The molecule has 1 amide bonds. The van der Waals surface area contributed by atoms with Crippen molar-refractivity contribution in [3.05, 3.63) is 41.2 Å². The average Bonchev–Trinajstić information content (AvgIpc) is 3.26. The standard InChI is InChI=1S/C25H41N5O2S/c1-6-29(7-2)15-8-9-21(4)26-24(31)14-16-30(17-18-32-5)25-27-23(28-33-25)19-22-12-10-20(3)11-13-22/h10-13,21H,6-9,14-19H2,1-5H3,(H,26,31). The molecule has 2 aromatic rings. The number of benzene rings is 1. The lowest BCUT2D eigenvalue weighted by Crippen LogP contribution is -2.37. The first-order valence-corrected chi connectivity index (χ1v) is 12.9. The summed E-state index contributed by atoms with van der Waals surface area (Å²) in [5.74, 6) is 0.893. The maximum Gasteiger partial charge on any atom is 0.221 e. The summed E-state index contributed by atoms with van der Waals surface area (Å²) in [6, 6.07) is 8.63. The quantitative estimate of drug-likeness (QED) is 0.397. The number of carbonyl (C=O) groups excluding carboxylic acids is 1. The number of aromatic nitrogens is 2. The fraction of sp³-hybridized carbons (Fsp3) is 0.640. The van der Waals surface area contributed by atoms with Gasteiger partial charge in [0.15, 0.2) is 0 Å². The summed E-state index contributed by atoms with van der Waals surface area (Å²) in [4.78, 5) is 21.8. The number of aryl methyl sites for hydroxylation is 1. The third kappa shape index (κ3) is 10.2. The molecule has 33 heavy (non-hydrogen) atoms. The molecule has 1 aromatic carbocycles. The summed E-state index contributed by atoms with van der Waals surface area (Å²) in [7, 11) is 1.69. The number of ether oxygens (including phenoxy) is 1. The smallest absolute Gasteiger partial charge is 0.221 e. The maximum atomic E-state index is 12.5. The zero-order valence-electron chi connectivity index (χ0n) is 21.0. The highest BCUT2D eigenvalue weighted by atomic mass is 32.1. The van der Waals surface area contributed by atoms with Crippen molar-refractivity contribution >= 4 is 22.6 Å². The van der Waals surface area contributed by atoms with Gasteiger partial charge in [-0.3, -0.25) is 4.79 Å². The maximum absolute atomic E-state index is 12.5. The van der Waals surface area contributed by atoms with Crippen molar-refractivity contribution in [3.8, 4) is 0 Å². The van der Waals surface area contributed by atoms with E-state index in [0.29, 0.717) is 32.5 Å². The van der Waals surface area contributed by atoms with Crippen molar-refractivity contribution in [2.75, 3.05) is 51.3 Å². The second-order valence-corrected chi connectivity index (χ2v) is 9.25. The third-order valence-corrected chi connectivity index (χ3v) is 6.61. The summed E-state index contributed by atoms with van der Waals surface area (Å²) in [5.41, 5.74) is 2.44. The Morgan fingerprint density at radius 2 is 1.88 bits per heavy atom. The van der Waals surface area contributed by atoms with Gasteiger partial charge >= 0.3 is 0 Å². The van der Waals surface area contributed by atoms with Gasteiger partial charge in [-0.25, -0.2) is 4.98 Å². The van der Waals surface area contributed by atoms with Crippen LogP contribution in [0.25, 0.3) is 0 Å². The third-order valence-electron chi connectivity index (χ3n) is 5.80. The van der Waals surface area contributed by atoms with Gasteiger partial charge in [0.25, 0.3) is 0 Å². The molecule has 7 nitrogen and oxygen atoms in total. The van der Waals surface area contributed by atoms with Gasteiger partial charge in [0.2, 0.25) is 11.0 Å². The predicted molar refractivity (Wildman–Crippen MR) is 137 cm³/mol. The number of anilines is 1. The van der Waals surface area contributed by atoms with E-state index < -0.39 is 0 Å². The molecule has 2 rings (SSSR count). The number of methoxy groups -OCH3 is 1. The molecule has 0 bridgehead atoms. The summed E-state index contributed by atoms with van der Waals surface area (Å²) >= 11 is 1.39. The number of carbonyl (C=O) groups is 1. The number of amides is 1. The Hall–Kier alpha value is -2.03. The van der Waals surface area contributed by atoms with Gasteiger partial charge in [-0.2, -0.15) is 4.37 Å². The van der Waals surface area contributed by atoms with E-state index in [2.05, 4.69) is 71.5 Å². The first-order valence-electron chi connectivity index (χ1n) is 12.1. The Labute approximate surface area is 203 Å². The van der Waals surface area contributed by atoms with Gasteiger partial charge in [0.05, 0.1) is 6.61 Å². The highest BCUT2D eigenvalue weighted by molar-refractivity contribution is 7.09. The van der Waals surface area contributed by atoms with Crippen molar-refractivity contribution < 1.29 is 9.53 Å². The topological polar surface area (TPSA) is 70.6 Å². The molecule has 1 N–H and O–H groups in total. The lowest BCUT2D eigenvalue weighted by atomic mass is 10.1. The molecule has 8 heteroatoms. The molecule has 0 aliphatic rings. The molecule has 0 saturated heterocycles. The number of hydrogen-bond donors (Lipinski definition) is 1. The minimum Gasteiger partial charge on any atom is -0.383 e. The second-order valence-electron chi connectivity index (χ2n) is 8.52. The van der Waals surface area contributed by atoms with E-state index in [0.717, 1.165) is 43.4 Å². The summed E-state index contributed by atoms with van der Waals surface area (Å²) in [6.07, 6.45) is 3.23. The van der Waals surface area contributed by atoms with Crippen LogP contribution in [0.2, 0.25) is 0 Å². The van der Waals surface area contributed by atoms with Gasteiger partial charge in [-0.15, -0.1) is 0 Å². The van der Waals surface area contributed by atoms with Crippen LogP contribution < -0.4 is 10.2 Å². The predicted octanol–water partition coefficient (Wildman–Crippen LogP) is 3.91. The molecule has 1 atom stereocenters. The van der Waals surface area contributed by atoms with Crippen LogP contribution in [0.1, 0.15) is 57.0 Å². The molecule has 0 radical (unpaired) electrons. The highest BCUT2D eigenvalue weighted by Crippen LogP contribution is 2.19. The molecule has 0 saturated carbocycles. The van der Waals surface area contributed by atoms with Crippen molar-refractivity contribution in [3.63, 3.8) is 0 Å². The van der Waals surface area contributed by atoms with E-state index in [1.54, 1.807) is 7.11 Å². The Bertz CT molecular complexity index is 807. The molecular weight excluding hydrogens is 434 g/mol. The van der Waals surface area contributed by atoms with E-state index in [-0.39, 0.29) is 11.9 Å². The van der Waals surface area contributed by atoms with Gasteiger partial charge in [0, 0.05) is 50.6 Å². The molecule has 1 heterocycles. The van der Waals surface area contributed by atoms with Crippen molar-refractivity contribution in [1.29, 1.82) is 0 Å². The zero-order chi connectivity index (χ0) is 24.1. The van der Waals surface area contributed by atoms with Crippen LogP contribution in [-0.4, -0.2) is 72.6 Å². The second kappa shape index (κ2) is 15.0. The van der Waals surface area contributed by atoms with Crippen LogP contribution in [0.4, 0.5) is 5.13 Å². The Kier molecular flexibility index (Phi) is 12.4. The molecule has 0 spiro atoms. The Balaban J connectivity index is 1.84. The molecule has 1 unspecified atom stereocenters. The van der Waals surface area contributed by atoms with Crippen LogP contribution in [0, 0.1) is 6.92 Å². The zero-order valence-corrected chi connectivity index (χ0v) is 21.8. The molecule has 0 aliphatic carbocycles. The molecular formula is C25H41N5O2S. The monoisotopic (exact) mass is 475 g/mol. The number of rotatable bonds is 16. The van der Waals surface area contributed by atoms with Gasteiger partial charge in [-0.1, -0.05) is 43.7 Å². The first-order chi connectivity index (χ1) is 15.9. The molecule has 0 aliphatic heterocycles. The fourth-order valence-corrected chi connectivity index (χ4v) is 4.39. The summed E-state index contributed by atoms with van der Waals surface area (Å²) in [5, 5.41) is 3.99. The lowest BCUT2D eigenvalue weighted by Gasteiger charge is -2.22. The van der Waals surface area contributed by atoms with Gasteiger partial charge in [-0.05, 0) is 51.9 Å². The van der Waals surface area contributed by atoms with Crippen molar-refractivity contribution in [1.82, 2.24) is 19.6 Å². The molecule has 184 valence electrons. The van der Waals surface area contributed by atoms with E-state index in [4.69, 9.17) is 9.72 Å². The minimum absolute atomic E-state index is 0.0807. The largest absolute Gasteiger partial charge is 0.383 e. The first kappa shape index (κ1) is 27.2. The fourth-order valence-electron chi connectivity index (χ4n) is 3.65. The Morgan fingerprint density at radius 1 is 1.15 bits per heavy atom. The van der Waals surface area contributed by atoms with Crippen molar-refractivity contribution in [2.24, 2.45) is 0 Å². The average molecular weight is 476 g/mol. The number of hydrogen-bond acceptors (Lipinski definition) is 7. The van der Waals surface area contributed by atoms with Gasteiger partial charge in [0.1, 0.15) is 5.82 Å². The van der Waals surface area contributed by atoms with Crippen LogP contribution in [-0.2, 0) is 16.0 Å². The number of nitrogens with one attached hydrogen (secondary N) is 1. The molecule has 1 aromatic heterocycles. The van der Waals surface area contributed by atoms with E-state index >= 15 is 0 Å². The normalized spacial score (nSPS) is 12.2. The molecule has 0 fully saturated rings. The Morgan fingerprint density at radius 3 is 2.55 bits per heavy atom. The van der Waals surface area contributed by atoms with Crippen LogP contribution in [0.3, 0.4) is 0 Å².